The molecule has 0 radical (unpaired) electrons. The highest BCUT2D eigenvalue weighted by atomic mass is 32.2. The van der Waals surface area contributed by atoms with Crippen molar-refractivity contribution in [2.75, 3.05) is 5.75 Å². The first-order valence-corrected chi connectivity index (χ1v) is 10.6. The van der Waals surface area contributed by atoms with Crippen LogP contribution in [0.2, 0.25) is 0 Å². The third kappa shape index (κ3) is 8.23. The normalized spacial score (nSPS) is 16.4. The van der Waals surface area contributed by atoms with E-state index in [1.54, 1.807) is 0 Å². The summed E-state index contributed by atoms with van der Waals surface area (Å²) in [5, 5.41) is 0. The molecular weight excluding hydrogens is 316 g/mol. The van der Waals surface area contributed by atoms with Crippen molar-refractivity contribution < 1.29 is 9.00 Å². The number of carbonyl (C=O) groups excluding carboxylic acids is 1. The molecule has 136 valence electrons. The van der Waals surface area contributed by atoms with Crippen molar-refractivity contribution in [2.24, 2.45) is 17.8 Å². The Labute approximate surface area is 150 Å². The van der Waals surface area contributed by atoms with Crippen LogP contribution in [0, 0.1) is 24.7 Å². The average molecular weight is 351 g/mol. The van der Waals surface area contributed by atoms with E-state index in [1.165, 1.54) is 19.3 Å². The highest BCUT2D eigenvalue weighted by Crippen LogP contribution is 2.24. The van der Waals surface area contributed by atoms with Gasteiger partial charge in [0.05, 0.1) is 16.6 Å². The molecule has 0 aliphatic rings. The van der Waals surface area contributed by atoms with Gasteiger partial charge in [-0.3, -0.25) is 9.00 Å². The van der Waals surface area contributed by atoms with Gasteiger partial charge in [0.15, 0.2) is 0 Å². The van der Waals surface area contributed by atoms with Crippen LogP contribution in [0.15, 0.2) is 29.2 Å². The minimum Gasteiger partial charge on any atom is -0.299 e. The molecule has 0 spiro atoms. The lowest BCUT2D eigenvalue weighted by atomic mass is 9.86. The number of Topliss-reactive ketones (excluding diaryl/α,β-unsaturated/α-hetero) is 1. The third-order valence-corrected chi connectivity index (χ3v) is 5.93. The van der Waals surface area contributed by atoms with E-state index in [0.29, 0.717) is 18.3 Å². The van der Waals surface area contributed by atoms with Gasteiger partial charge in [-0.2, -0.15) is 0 Å². The van der Waals surface area contributed by atoms with Crippen molar-refractivity contribution in [2.45, 2.75) is 71.6 Å². The standard InChI is InChI=1S/C21H34O2S/c1-6-7-17(3)12-18(4)13-19(5)14-20(22)15-24(23)21-10-8-16(2)9-11-21/h8-11,17-19H,6-7,12-15H2,1-5H3/t17-,18-,19-,24?/m1/s1. The zero-order chi connectivity index (χ0) is 18.1. The summed E-state index contributed by atoms with van der Waals surface area (Å²) in [7, 11) is -1.21. The van der Waals surface area contributed by atoms with Gasteiger partial charge in [0.25, 0.3) is 0 Å². The zero-order valence-electron chi connectivity index (χ0n) is 16.0. The molecule has 1 aromatic carbocycles. The summed E-state index contributed by atoms with van der Waals surface area (Å²) in [6.07, 6.45) is 5.39. The molecule has 0 bridgehead atoms. The molecule has 4 atom stereocenters. The van der Waals surface area contributed by atoms with E-state index in [9.17, 15) is 9.00 Å². The minimum atomic E-state index is -1.21. The van der Waals surface area contributed by atoms with Gasteiger partial charge < -0.3 is 0 Å². The van der Waals surface area contributed by atoms with Gasteiger partial charge in [0.2, 0.25) is 0 Å². The Kier molecular flexibility index (Phi) is 9.50. The molecule has 0 heterocycles. The highest BCUT2D eigenvalue weighted by molar-refractivity contribution is 7.85. The number of hydrogen-bond acceptors (Lipinski definition) is 2. The van der Waals surface area contributed by atoms with Crippen LogP contribution in [0.25, 0.3) is 0 Å². The summed E-state index contributed by atoms with van der Waals surface area (Å²) in [6, 6.07) is 7.61. The van der Waals surface area contributed by atoms with Crippen molar-refractivity contribution in [3.8, 4) is 0 Å². The number of carbonyl (C=O) groups is 1. The minimum absolute atomic E-state index is 0.121. The van der Waals surface area contributed by atoms with Crippen molar-refractivity contribution >= 4 is 16.6 Å². The van der Waals surface area contributed by atoms with Gasteiger partial charge >= 0.3 is 0 Å². The molecule has 24 heavy (non-hydrogen) atoms. The highest BCUT2D eigenvalue weighted by Gasteiger charge is 2.17. The summed E-state index contributed by atoms with van der Waals surface area (Å²) in [4.78, 5) is 13.0. The predicted molar refractivity (Wildman–Crippen MR) is 104 cm³/mol. The van der Waals surface area contributed by atoms with E-state index >= 15 is 0 Å². The molecule has 0 N–H and O–H groups in total. The summed E-state index contributed by atoms with van der Waals surface area (Å²) in [5.41, 5.74) is 1.14. The van der Waals surface area contributed by atoms with Gasteiger partial charge in [0, 0.05) is 11.3 Å². The monoisotopic (exact) mass is 350 g/mol. The lowest BCUT2D eigenvalue weighted by molar-refractivity contribution is -0.117. The molecule has 0 saturated carbocycles. The molecule has 2 nitrogen and oxygen atoms in total. The Hall–Kier alpha value is -0.960. The second kappa shape index (κ2) is 10.8. The molecule has 1 aromatic rings. The molecule has 0 aliphatic heterocycles. The van der Waals surface area contributed by atoms with Crippen molar-refractivity contribution in [3.63, 3.8) is 0 Å². The molecule has 0 amide bonds. The maximum absolute atomic E-state index is 12.3. The maximum atomic E-state index is 12.3. The first-order chi connectivity index (χ1) is 11.3. The fourth-order valence-corrected chi connectivity index (χ4v) is 4.55. The summed E-state index contributed by atoms with van der Waals surface area (Å²) < 4.78 is 12.3. The van der Waals surface area contributed by atoms with Crippen LogP contribution in [0.3, 0.4) is 0 Å². The van der Waals surface area contributed by atoms with Crippen molar-refractivity contribution in [1.29, 1.82) is 0 Å². The molecular formula is C21H34O2S. The second-order valence-electron chi connectivity index (χ2n) is 7.62. The lowest BCUT2D eigenvalue weighted by Crippen LogP contribution is -2.16. The van der Waals surface area contributed by atoms with Crippen LogP contribution in [0.5, 0.6) is 0 Å². The van der Waals surface area contributed by atoms with Crippen LogP contribution >= 0.6 is 0 Å². The lowest BCUT2D eigenvalue weighted by Gasteiger charge is -2.20. The van der Waals surface area contributed by atoms with Crippen LogP contribution in [-0.2, 0) is 15.6 Å². The summed E-state index contributed by atoms with van der Waals surface area (Å²) in [6.45, 7) is 11.0. The first kappa shape index (κ1) is 21.1. The van der Waals surface area contributed by atoms with Gasteiger partial charge in [-0.15, -0.1) is 0 Å². The van der Waals surface area contributed by atoms with Gasteiger partial charge in [-0.1, -0.05) is 58.2 Å². The van der Waals surface area contributed by atoms with E-state index in [-0.39, 0.29) is 11.5 Å². The number of hydrogen-bond donors (Lipinski definition) is 0. The Morgan fingerprint density at radius 3 is 2.17 bits per heavy atom. The van der Waals surface area contributed by atoms with Gasteiger partial charge in [0.1, 0.15) is 5.78 Å². The SMILES string of the molecule is CCC[C@@H](C)C[C@@H](C)C[C@@H](C)CC(=O)CS(=O)c1ccc(C)cc1. The smallest absolute Gasteiger partial charge is 0.145 e. The number of aryl methyl sites for hydroxylation is 1. The Morgan fingerprint density at radius 1 is 1.00 bits per heavy atom. The molecule has 0 aliphatic carbocycles. The fourth-order valence-electron chi connectivity index (χ4n) is 3.53. The van der Waals surface area contributed by atoms with E-state index in [1.807, 2.05) is 31.2 Å². The van der Waals surface area contributed by atoms with Gasteiger partial charge in [-0.25, -0.2) is 0 Å². The van der Waals surface area contributed by atoms with E-state index < -0.39 is 10.8 Å². The third-order valence-electron chi connectivity index (χ3n) is 4.54. The van der Waals surface area contributed by atoms with Crippen LogP contribution in [0.1, 0.15) is 65.4 Å². The number of benzene rings is 1. The second-order valence-corrected chi connectivity index (χ2v) is 9.07. The summed E-state index contributed by atoms with van der Waals surface area (Å²) in [5.74, 6) is 2.05. The Bertz CT molecular complexity index is 521. The van der Waals surface area contributed by atoms with Crippen LogP contribution in [0.4, 0.5) is 0 Å². The molecule has 1 rings (SSSR count). The zero-order valence-corrected chi connectivity index (χ0v) is 16.8. The molecule has 1 unspecified atom stereocenters. The van der Waals surface area contributed by atoms with Crippen LogP contribution in [-0.4, -0.2) is 15.7 Å². The topological polar surface area (TPSA) is 34.1 Å². The van der Waals surface area contributed by atoms with Gasteiger partial charge in [-0.05, 0) is 49.7 Å². The Morgan fingerprint density at radius 2 is 1.58 bits per heavy atom. The predicted octanol–water partition coefficient (Wildman–Crippen LogP) is 5.55. The van der Waals surface area contributed by atoms with Crippen molar-refractivity contribution in [3.05, 3.63) is 29.8 Å². The van der Waals surface area contributed by atoms with E-state index in [4.69, 9.17) is 0 Å². The number of rotatable bonds is 11. The molecule has 0 fully saturated rings. The fraction of sp³-hybridized carbons (Fsp3) is 0.667. The van der Waals surface area contributed by atoms with E-state index in [0.717, 1.165) is 22.8 Å². The van der Waals surface area contributed by atoms with Crippen molar-refractivity contribution in [1.82, 2.24) is 0 Å². The quantitative estimate of drug-likeness (QED) is 0.524. The van der Waals surface area contributed by atoms with E-state index in [2.05, 4.69) is 27.7 Å². The molecule has 0 saturated heterocycles. The number of ketones is 1. The maximum Gasteiger partial charge on any atom is 0.145 e. The Balaban J connectivity index is 2.38. The molecule has 0 aromatic heterocycles. The molecule has 3 heteroatoms. The average Bonchev–Trinajstić information content (AvgIpc) is 2.47. The summed E-state index contributed by atoms with van der Waals surface area (Å²) >= 11 is 0. The van der Waals surface area contributed by atoms with Crippen LogP contribution < -0.4 is 0 Å². The first-order valence-electron chi connectivity index (χ1n) is 9.28. The largest absolute Gasteiger partial charge is 0.299 e.